The largest absolute Gasteiger partial charge is 0.465 e. The van der Waals surface area contributed by atoms with Gasteiger partial charge in [0.05, 0.1) is 31.1 Å². The fourth-order valence-electron chi connectivity index (χ4n) is 3.11. The Hall–Kier alpha value is -3.16. The second-order valence-electron chi connectivity index (χ2n) is 7.05. The zero-order valence-corrected chi connectivity index (χ0v) is 16.9. The number of carbonyl (C=O) groups is 2. The third-order valence-corrected chi connectivity index (χ3v) is 4.59. The van der Waals surface area contributed by atoms with E-state index in [9.17, 15) is 9.59 Å². The maximum atomic E-state index is 13.0. The summed E-state index contributed by atoms with van der Waals surface area (Å²) in [5.74, 6) is 0.322. The third-order valence-electron chi connectivity index (χ3n) is 4.59. The number of hydrogen-bond donors (Lipinski definition) is 0. The average molecular weight is 384 g/mol. The number of aryl methyl sites for hydroxylation is 2. The summed E-state index contributed by atoms with van der Waals surface area (Å²) in [6, 6.07) is 3.60. The van der Waals surface area contributed by atoms with Crippen molar-refractivity contribution in [2.75, 3.05) is 14.2 Å². The number of nitrogens with zero attached hydrogens (tertiary/aromatic N) is 4. The average Bonchev–Trinajstić information content (AvgIpc) is 3.22. The Bertz CT molecular complexity index is 1050. The zero-order valence-electron chi connectivity index (χ0n) is 16.9. The smallest absolute Gasteiger partial charge is 0.341 e. The van der Waals surface area contributed by atoms with Crippen molar-refractivity contribution in [3.8, 4) is 0 Å². The number of fused-ring (bicyclic) bond motifs is 1. The Morgan fingerprint density at radius 3 is 2.61 bits per heavy atom. The summed E-state index contributed by atoms with van der Waals surface area (Å²) in [5.41, 5.74) is 2.27. The predicted octanol–water partition coefficient (Wildman–Crippen LogP) is 3.28. The van der Waals surface area contributed by atoms with Crippen molar-refractivity contribution >= 4 is 22.9 Å². The Balaban J connectivity index is 1.85. The van der Waals surface area contributed by atoms with Crippen LogP contribution in [0.1, 0.15) is 57.8 Å². The molecular weight excluding hydrogens is 360 g/mol. The van der Waals surface area contributed by atoms with Crippen LogP contribution in [0, 0.1) is 13.8 Å². The van der Waals surface area contributed by atoms with Gasteiger partial charge in [-0.25, -0.2) is 14.5 Å². The van der Waals surface area contributed by atoms with Gasteiger partial charge >= 0.3 is 5.97 Å². The maximum absolute atomic E-state index is 13.0. The number of amides is 1. The van der Waals surface area contributed by atoms with Crippen LogP contribution < -0.4 is 0 Å². The van der Waals surface area contributed by atoms with Crippen LogP contribution in [0.25, 0.3) is 11.0 Å². The summed E-state index contributed by atoms with van der Waals surface area (Å²) >= 11 is 0. The Labute approximate surface area is 163 Å². The number of aromatic nitrogens is 3. The molecule has 3 rings (SSSR count). The van der Waals surface area contributed by atoms with Crippen LogP contribution in [-0.2, 0) is 11.3 Å². The zero-order chi connectivity index (χ0) is 20.6. The van der Waals surface area contributed by atoms with Crippen LogP contribution in [-0.4, -0.2) is 45.7 Å². The minimum absolute atomic E-state index is 0.180. The molecule has 148 valence electrons. The molecule has 8 heteroatoms. The first-order valence-corrected chi connectivity index (χ1v) is 9.00. The van der Waals surface area contributed by atoms with E-state index in [0.29, 0.717) is 28.3 Å². The van der Waals surface area contributed by atoms with Gasteiger partial charge in [0.25, 0.3) is 5.91 Å². The number of rotatable bonds is 5. The Morgan fingerprint density at radius 1 is 1.25 bits per heavy atom. The lowest BCUT2D eigenvalue weighted by atomic mass is 10.1. The maximum Gasteiger partial charge on any atom is 0.341 e. The van der Waals surface area contributed by atoms with Gasteiger partial charge in [0.15, 0.2) is 5.65 Å². The fraction of sp³-hybridized carbons (Fsp3) is 0.400. The van der Waals surface area contributed by atoms with Gasteiger partial charge in [0.2, 0.25) is 0 Å². The molecular formula is C20H24N4O4. The van der Waals surface area contributed by atoms with Gasteiger partial charge in [-0.3, -0.25) is 4.79 Å². The fourth-order valence-corrected chi connectivity index (χ4v) is 3.11. The first-order valence-electron chi connectivity index (χ1n) is 9.00. The molecule has 0 atom stereocenters. The van der Waals surface area contributed by atoms with Gasteiger partial charge in [-0.2, -0.15) is 5.10 Å². The van der Waals surface area contributed by atoms with E-state index in [1.807, 2.05) is 31.5 Å². The van der Waals surface area contributed by atoms with Gasteiger partial charge in [-0.05, 0) is 39.8 Å². The lowest BCUT2D eigenvalue weighted by molar-refractivity contribution is 0.0598. The second kappa shape index (κ2) is 7.46. The summed E-state index contributed by atoms with van der Waals surface area (Å²) in [6.45, 7) is 7.78. The molecule has 0 saturated heterocycles. The normalized spacial score (nSPS) is 11.2. The van der Waals surface area contributed by atoms with Crippen LogP contribution in [0.4, 0.5) is 0 Å². The van der Waals surface area contributed by atoms with Crippen molar-refractivity contribution in [1.82, 2.24) is 19.7 Å². The molecule has 3 aromatic rings. The van der Waals surface area contributed by atoms with E-state index in [2.05, 4.69) is 10.1 Å². The molecule has 1 amide bonds. The van der Waals surface area contributed by atoms with E-state index in [1.54, 1.807) is 26.2 Å². The molecule has 0 N–H and O–H groups in total. The van der Waals surface area contributed by atoms with Crippen LogP contribution in [0.5, 0.6) is 0 Å². The lowest BCUT2D eigenvalue weighted by Crippen LogP contribution is -2.27. The van der Waals surface area contributed by atoms with Gasteiger partial charge in [0.1, 0.15) is 17.1 Å². The van der Waals surface area contributed by atoms with Crippen LogP contribution in [0.3, 0.4) is 0 Å². The molecule has 0 aromatic carbocycles. The van der Waals surface area contributed by atoms with E-state index >= 15 is 0 Å². The van der Waals surface area contributed by atoms with Gasteiger partial charge < -0.3 is 14.1 Å². The van der Waals surface area contributed by atoms with E-state index in [0.717, 1.165) is 11.0 Å². The second-order valence-corrected chi connectivity index (χ2v) is 7.05. The number of esters is 1. The molecule has 0 aliphatic rings. The summed E-state index contributed by atoms with van der Waals surface area (Å²) in [4.78, 5) is 30.8. The van der Waals surface area contributed by atoms with Crippen molar-refractivity contribution in [1.29, 1.82) is 0 Å². The predicted molar refractivity (Wildman–Crippen MR) is 103 cm³/mol. The SMILES string of the molecule is COC(=O)c1cc(CN(C)C(=O)c2cc3cnn(C(C)C)c3nc2C)oc1C. The third kappa shape index (κ3) is 3.49. The minimum atomic E-state index is -0.464. The number of carbonyl (C=O) groups excluding carboxylic acids is 2. The Morgan fingerprint density at radius 2 is 1.96 bits per heavy atom. The highest BCUT2D eigenvalue weighted by atomic mass is 16.5. The first-order chi connectivity index (χ1) is 13.2. The van der Waals surface area contributed by atoms with Gasteiger partial charge in [-0.15, -0.1) is 0 Å². The number of furan rings is 1. The van der Waals surface area contributed by atoms with Crippen molar-refractivity contribution in [3.63, 3.8) is 0 Å². The number of hydrogen-bond acceptors (Lipinski definition) is 6. The van der Waals surface area contributed by atoms with Crippen molar-refractivity contribution in [2.45, 2.75) is 40.3 Å². The minimum Gasteiger partial charge on any atom is -0.465 e. The molecule has 3 aromatic heterocycles. The molecule has 0 bridgehead atoms. The molecule has 0 radical (unpaired) electrons. The molecule has 0 fully saturated rings. The topological polar surface area (TPSA) is 90.5 Å². The molecule has 3 heterocycles. The van der Waals surface area contributed by atoms with E-state index < -0.39 is 5.97 Å². The first kappa shape index (κ1) is 19.6. The van der Waals surface area contributed by atoms with Crippen LogP contribution in [0.2, 0.25) is 0 Å². The van der Waals surface area contributed by atoms with Gasteiger partial charge in [-0.1, -0.05) is 0 Å². The Kier molecular flexibility index (Phi) is 5.22. The standard InChI is InChI=1S/C20H24N4O4/c1-11(2)24-18-14(9-21-24)7-16(12(3)22-18)19(25)23(5)10-15-8-17(13(4)28-15)20(26)27-6/h7-9,11H,10H2,1-6H3. The van der Waals surface area contributed by atoms with Gasteiger partial charge in [0, 0.05) is 18.5 Å². The summed E-state index contributed by atoms with van der Waals surface area (Å²) in [5, 5.41) is 5.17. The molecule has 0 saturated carbocycles. The molecule has 8 nitrogen and oxygen atoms in total. The highest BCUT2D eigenvalue weighted by molar-refractivity contribution is 5.98. The van der Waals surface area contributed by atoms with E-state index in [-0.39, 0.29) is 18.5 Å². The molecule has 28 heavy (non-hydrogen) atoms. The van der Waals surface area contributed by atoms with Crippen molar-refractivity contribution in [3.05, 3.63) is 46.7 Å². The monoisotopic (exact) mass is 384 g/mol. The summed E-state index contributed by atoms with van der Waals surface area (Å²) in [7, 11) is 3.00. The molecule has 0 aliphatic carbocycles. The van der Waals surface area contributed by atoms with E-state index in [4.69, 9.17) is 9.15 Å². The van der Waals surface area contributed by atoms with Crippen molar-refractivity contribution in [2.24, 2.45) is 0 Å². The molecule has 0 spiro atoms. The number of ether oxygens (including phenoxy) is 1. The number of pyridine rings is 1. The summed E-state index contributed by atoms with van der Waals surface area (Å²) < 4.78 is 12.2. The van der Waals surface area contributed by atoms with Crippen LogP contribution >= 0.6 is 0 Å². The summed E-state index contributed by atoms with van der Waals surface area (Å²) in [6.07, 6.45) is 1.72. The highest BCUT2D eigenvalue weighted by Crippen LogP contribution is 2.22. The highest BCUT2D eigenvalue weighted by Gasteiger charge is 2.21. The molecule has 0 aliphatic heterocycles. The molecule has 0 unspecified atom stereocenters. The van der Waals surface area contributed by atoms with Crippen LogP contribution in [0.15, 0.2) is 22.7 Å². The lowest BCUT2D eigenvalue weighted by Gasteiger charge is -2.17. The quantitative estimate of drug-likeness (QED) is 0.627. The van der Waals surface area contributed by atoms with E-state index in [1.165, 1.54) is 12.0 Å². The van der Waals surface area contributed by atoms with Crippen molar-refractivity contribution < 1.29 is 18.7 Å². The number of methoxy groups -OCH3 is 1.